The number of hydrogen-bond donors (Lipinski definition) is 2. The lowest BCUT2D eigenvalue weighted by Gasteiger charge is -2.06. The van der Waals surface area contributed by atoms with Gasteiger partial charge in [-0.05, 0) is 47.5 Å². The summed E-state index contributed by atoms with van der Waals surface area (Å²) in [5.41, 5.74) is 10.2. The summed E-state index contributed by atoms with van der Waals surface area (Å²) in [5, 5.41) is 8.24. The molecular weight excluding hydrogens is 499 g/mol. The van der Waals surface area contributed by atoms with Gasteiger partial charge in [0.05, 0.1) is 34.4 Å². The predicted molar refractivity (Wildman–Crippen MR) is 143 cm³/mol. The molecule has 0 atom stereocenters. The van der Waals surface area contributed by atoms with Gasteiger partial charge >= 0.3 is 0 Å². The number of benzene rings is 3. The lowest BCUT2D eigenvalue weighted by atomic mass is 10.2. The van der Waals surface area contributed by atoms with Crippen molar-refractivity contribution in [2.24, 2.45) is 5.10 Å². The number of nitrogen functional groups attached to an aromatic ring is 1. The number of halogens is 2. The molecule has 2 heterocycles. The number of carbonyl (C=O) groups excluding carboxylic acids is 1. The molecule has 3 aromatic carbocycles. The maximum Gasteiger partial charge on any atom is 0.257 e. The minimum Gasteiger partial charge on any atom is -0.497 e. The van der Waals surface area contributed by atoms with Gasteiger partial charge in [-0.1, -0.05) is 53.5 Å². The van der Waals surface area contributed by atoms with Crippen LogP contribution >= 0.6 is 23.2 Å². The highest BCUT2D eigenvalue weighted by atomic mass is 35.5. The summed E-state index contributed by atoms with van der Waals surface area (Å²) in [5.74, 6) is 0.463. The number of nitrogens with two attached hydrogens (primary N) is 1. The molecule has 1 amide bonds. The van der Waals surface area contributed by atoms with Crippen molar-refractivity contribution >= 4 is 63.3 Å². The highest BCUT2D eigenvalue weighted by molar-refractivity contribution is 6.42. The van der Waals surface area contributed by atoms with E-state index in [0.29, 0.717) is 44.4 Å². The van der Waals surface area contributed by atoms with Gasteiger partial charge in [0.15, 0.2) is 5.65 Å². The van der Waals surface area contributed by atoms with Gasteiger partial charge in [0.1, 0.15) is 22.6 Å². The summed E-state index contributed by atoms with van der Waals surface area (Å²) < 4.78 is 6.59. The highest BCUT2D eigenvalue weighted by Gasteiger charge is 2.24. The molecule has 0 unspecified atom stereocenters. The van der Waals surface area contributed by atoms with Crippen LogP contribution in [-0.2, 0) is 6.54 Å². The molecule has 10 heteroatoms. The van der Waals surface area contributed by atoms with E-state index >= 15 is 0 Å². The van der Waals surface area contributed by atoms with Crippen LogP contribution in [0.3, 0.4) is 0 Å². The third kappa shape index (κ3) is 4.56. The molecular formula is C26H20Cl2N6O2. The van der Waals surface area contributed by atoms with Crippen molar-refractivity contribution in [2.45, 2.75) is 6.54 Å². The van der Waals surface area contributed by atoms with Gasteiger partial charge in [0.25, 0.3) is 5.91 Å². The van der Waals surface area contributed by atoms with Crippen LogP contribution < -0.4 is 15.8 Å². The normalized spacial score (nSPS) is 11.4. The maximum atomic E-state index is 13.3. The van der Waals surface area contributed by atoms with Crippen LogP contribution in [0.25, 0.3) is 22.2 Å². The minimum absolute atomic E-state index is 0.115. The van der Waals surface area contributed by atoms with Crippen LogP contribution in [0.5, 0.6) is 5.75 Å². The predicted octanol–water partition coefficient (Wildman–Crippen LogP) is 5.29. The Morgan fingerprint density at radius 2 is 1.78 bits per heavy atom. The maximum absolute atomic E-state index is 13.3. The first-order chi connectivity index (χ1) is 17.4. The van der Waals surface area contributed by atoms with Crippen molar-refractivity contribution in [3.8, 4) is 5.75 Å². The summed E-state index contributed by atoms with van der Waals surface area (Å²) in [4.78, 5) is 22.7. The number of ether oxygens (including phenoxy) is 1. The molecule has 2 aromatic heterocycles. The molecule has 0 aliphatic heterocycles. The zero-order chi connectivity index (χ0) is 25.2. The molecule has 0 fully saturated rings. The monoisotopic (exact) mass is 518 g/mol. The fourth-order valence-electron chi connectivity index (χ4n) is 3.72. The Labute approximate surface area is 216 Å². The van der Waals surface area contributed by atoms with Gasteiger partial charge in [-0.25, -0.2) is 9.97 Å². The second-order valence-electron chi connectivity index (χ2n) is 7.91. The first-order valence-corrected chi connectivity index (χ1v) is 11.7. The van der Waals surface area contributed by atoms with E-state index in [-0.39, 0.29) is 17.3 Å². The van der Waals surface area contributed by atoms with Crippen molar-refractivity contribution in [1.82, 2.24) is 20.0 Å². The Balaban J connectivity index is 1.55. The smallest absolute Gasteiger partial charge is 0.257 e. The Hall–Kier alpha value is -4.14. The molecule has 0 saturated heterocycles. The number of amides is 1. The number of methoxy groups -OCH3 is 1. The Kier molecular flexibility index (Phi) is 6.45. The largest absolute Gasteiger partial charge is 0.497 e. The Bertz CT molecular complexity index is 1630. The molecule has 36 heavy (non-hydrogen) atoms. The lowest BCUT2D eigenvalue weighted by molar-refractivity contribution is 0.0953. The molecule has 0 aliphatic rings. The molecule has 0 saturated carbocycles. The molecule has 3 N–H and O–H groups in total. The molecule has 0 radical (unpaired) electrons. The van der Waals surface area contributed by atoms with Crippen molar-refractivity contribution in [1.29, 1.82) is 0 Å². The first-order valence-electron chi connectivity index (χ1n) is 10.9. The molecule has 5 rings (SSSR count). The zero-order valence-corrected chi connectivity index (χ0v) is 20.6. The average molecular weight is 519 g/mol. The Morgan fingerprint density at radius 3 is 2.47 bits per heavy atom. The average Bonchev–Trinajstić information content (AvgIpc) is 3.16. The standard InChI is InChI=1S/C26H20Cl2N6O2/c1-36-17-9-6-15(7-10-17)13-30-26(35)22-23-25(33-21-5-3-2-4-20(21)32-23)34(24(22)29)31-14-16-8-11-18(27)19(28)12-16/h2-12,14H,13,29H2,1H3,(H,30,35)/b31-14+. The third-order valence-electron chi connectivity index (χ3n) is 5.58. The van der Waals surface area contributed by atoms with Gasteiger partial charge in [-0.3, -0.25) is 4.79 Å². The highest BCUT2D eigenvalue weighted by Crippen LogP contribution is 2.28. The van der Waals surface area contributed by atoms with E-state index in [4.69, 9.17) is 33.7 Å². The number of hydrogen-bond acceptors (Lipinski definition) is 6. The van der Waals surface area contributed by atoms with Gasteiger partial charge < -0.3 is 15.8 Å². The van der Waals surface area contributed by atoms with E-state index in [1.165, 1.54) is 4.68 Å². The Morgan fingerprint density at radius 1 is 1.06 bits per heavy atom. The molecule has 0 bridgehead atoms. The summed E-state index contributed by atoms with van der Waals surface area (Å²) in [6, 6.07) is 19.9. The molecule has 5 aromatic rings. The van der Waals surface area contributed by atoms with Crippen molar-refractivity contribution < 1.29 is 9.53 Å². The topological polar surface area (TPSA) is 107 Å². The molecule has 0 spiro atoms. The number of nitrogens with zero attached hydrogens (tertiary/aromatic N) is 4. The SMILES string of the molecule is COc1ccc(CNC(=O)c2c(N)n(/N=C/c3ccc(Cl)c(Cl)c3)c3nc4ccccc4nc23)cc1. The second-order valence-corrected chi connectivity index (χ2v) is 8.72. The van der Waals surface area contributed by atoms with Gasteiger partial charge in [-0.15, -0.1) is 0 Å². The van der Waals surface area contributed by atoms with Crippen molar-refractivity contribution in [3.05, 3.63) is 93.5 Å². The zero-order valence-electron chi connectivity index (χ0n) is 19.1. The second kappa shape index (κ2) is 9.85. The quantitative estimate of drug-likeness (QED) is 0.296. The number of aromatic nitrogens is 3. The van der Waals surface area contributed by atoms with E-state index in [2.05, 4.69) is 20.4 Å². The van der Waals surface area contributed by atoms with E-state index < -0.39 is 0 Å². The van der Waals surface area contributed by atoms with Gasteiger partial charge in [0.2, 0.25) is 0 Å². The summed E-state index contributed by atoms with van der Waals surface area (Å²) in [6.07, 6.45) is 1.56. The van der Waals surface area contributed by atoms with Gasteiger partial charge in [-0.2, -0.15) is 9.78 Å². The van der Waals surface area contributed by atoms with Crippen LogP contribution in [0.15, 0.2) is 71.8 Å². The van der Waals surface area contributed by atoms with Gasteiger partial charge in [0, 0.05) is 6.54 Å². The van der Waals surface area contributed by atoms with Crippen LogP contribution in [0.2, 0.25) is 10.0 Å². The van der Waals surface area contributed by atoms with E-state index in [9.17, 15) is 4.79 Å². The van der Waals surface area contributed by atoms with Crippen LogP contribution in [-0.4, -0.2) is 33.9 Å². The lowest BCUT2D eigenvalue weighted by Crippen LogP contribution is -2.23. The number of nitrogens with one attached hydrogen (secondary N) is 1. The number of para-hydroxylation sites is 2. The van der Waals surface area contributed by atoms with Crippen LogP contribution in [0.4, 0.5) is 5.82 Å². The summed E-state index contributed by atoms with van der Waals surface area (Å²) in [7, 11) is 1.60. The van der Waals surface area contributed by atoms with Crippen molar-refractivity contribution in [2.75, 3.05) is 12.8 Å². The molecule has 180 valence electrons. The summed E-state index contributed by atoms with van der Waals surface area (Å²) in [6.45, 7) is 0.294. The number of fused-ring (bicyclic) bond motifs is 2. The van der Waals surface area contributed by atoms with E-state index in [0.717, 1.165) is 11.3 Å². The molecule has 8 nitrogen and oxygen atoms in total. The fourth-order valence-corrected chi connectivity index (χ4v) is 4.03. The van der Waals surface area contributed by atoms with Crippen LogP contribution in [0, 0.1) is 0 Å². The fraction of sp³-hybridized carbons (Fsp3) is 0.0769. The number of anilines is 1. The van der Waals surface area contributed by atoms with E-state index in [1.54, 1.807) is 31.5 Å². The summed E-state index contributed by atoms with van der Waals surface area (Å²) >= 11 is 12.1. The van der Waals surface area contributed by atoms with Crippen LogP contribution in [0.1, 0.15) is 21.5 Å². The number of carbonyl (C=O) groups is 1. The molecule has 0 aliphatic carbocycles. The van der Waals surface area contributed by atoms with E-state index in [1.807, 2.05) is 48.5 Å². The third-order valence-corrected chi connectivity index (χ3v) is 6.32. The van der Waals surface area contributed by atoms with Crippen molar-refractivity contribution in [3.63, 3.8) is 0 Å². The number of rotatable bonds is 6. The first kappa shape index (κ1) is 23.6. The minimum atomic E-state index is -0.388.